The van der Waals surface area contributed by atoms with Crippen LogP contribution >= 0.6 is 0 Å². The first-order valence-electron chi connectivity index (χ1n) is 8.73. The number of hydrogen-bond acceptors (Lipinski definition) is 8. The van der Waals surface area contributed by atoms with E-state index < -0.39 is 5.97 Å². The van der Waals surface area contributed by atoms with Crippen molar-refractivity contribution in [1.29, 1.82) is 0 Å². The SMILES string of the molecule is CCCC(=NOOC(C)=O)c1cc(OC)c2c(OC)ccc(OC)c2c1OC. The van der Waals surface area contributed by atoms with Gasteiger partial charge in [-0.1, -0.05) is 13.3 Å². The topological polar surface area (TPSA) is 84.8 Å². The highest BCUT2D eigenvalue weighted by Gasteiger charge is 2.23. The van der Waals surface area contributed by atoms with Crippen LogP contribution < -0.4 is 18.9 Å². The van der Waals surface area contributed by atoms with Crippen molar-refractivity contribution in [3.05, 3.63) is 23.8 Å². The average molecular weight is 391 g/mol. The number of hydrogen-bond donors (Lipinski definition) is 0. The second-order valence-corrected chi connectivity index (χ2v) is 5.82. The predicted molar refractivity (Wildman–Crippen MR) is 104 cm³/mol. The molecule has 0 bridgehead atoms. The molecule has 8 nitrogen and oxygen atoms in total. The van der Waals surface area contributed by atoms with Crippen molar-refractivity contribution < 1.29 is 33.6 Å². The second-order valence-electron chi connectivity index (χ2n) is 5.82. The molecule has 0 saturated carbocycles. The maximum atomic E-state index is 11.0. The third-order valence-corrected chi connectivity index (χ3v) is 4.09. The van der Waals surface area contributed by atoms with E-state index in [1.807, 2.05) is 6.92 Å². The van der Waals surface area contributed by atoms with Crippen LogP contribution in [0.3, 0.4) is 0 Å². The molecule has 0 aliphatic rings. The van der Waals surface area contributed by atoms with E-state index in [9.17, 15) is 4.79 Å². The molecule has 0 aliphatic heterocycles. The van der Waals surface area contributed by atoms with Crippen molar-refractivity contribution in [2.75, 3.05) is 28.4 Å². The van der Waals surface area contributed by atoms with Gasteiger partial charge in [0.1, 0.15) is 23.0 Å². The van der Waals surface area contributed by atoms with E-state index in [1.165, 1.54) is 6.92 Å². The Hall–Kier alpha value is -3.16. The third kappa shape index (κ3) is 4.21. The molecule has 0 fully saturated rings. The van der Waals surface area contributed by atoms with Crippen LogP contribution in [0.5, 0.6) is 23.0 Å². The van der Waals surface area contributed by atoms with Gasteiger partial charge in [-0.05, 0) is 29.8 Å². The molecule has 28 heavy (non-hydrogen) atoms. The lowest BCUT2D eigenvalue weighted by atomic mass is 9.97. The molecular formula is C20H25NO7. The first-order valence-corrected chi connectivity index (χ1v) is 8.73. The van der Waals surface area contributed by atoms with Gasteiger partial charge in [-0.2, -0.15) is 4.99 Å². The van der Waals surface area contributed by atoms with Gasteiger partial charge in [0.2, 0.25) is 0 Å². The highest BCUT2D eigenvalue weighted by atomic mass is 17.3. The zero-order chi connectivity index (χ0) is 20.7. The Morgan fingerprint density at radius 3 is 2.04 bits per heavy atom. The Morgan fingerprint density at radius 2 is 1.54 bits per heavy atom. The fraction of sp³-hybridized carbons (Fsp3) is 0.400. The van der Waals surface area contributed by atoms with E-state index in [2.05, 4.69) is 10.0 Å². The summed E-state index contributed by atoms with van der Waals surface area (Å²) in [5.74, 6) is 1.67. The maximum absolute atomic E-state index is 11.0. The molecule has 0 spiro atoms. The predicted octanol–water partition coefficient (Wildman–Crippen LogP) is 3.87. The van der Waals surface area contributed by atoms with Crippen LogP contribution in [0, 0.1) is 0 Å². The van der Waals surface area contributed by atoms with Crippen LogP contribution in [-0.4, -0.2) is 40.1 Å². The fourth-order valence-corrected chi connectivity index (χ4v) is 2.95. The fourth-order valence-electron chi connectivity index (χ4n) is 2.95. The lowest BCUT2D eigenvalue weighted by Gasteiger charge is -2.19. The van der Waals surface area contributed by atoms with E-state index in [-0.39, 0.29) is 0 Å². The van der Waals surface area contributed by atoms with Gasteiger partial charge in [0.25, 0.3) is 0 Å². The molecule has 0 amide bonds. The van der Waals surface area contributed by atoms with Crippen LogP contribution in [0.4, 0.5) is 0 Å². The van der Waals surface area contributed by atoms with Gasteiger partial charge < -0.3 is 18.9 Å². The van der Waals surface area contributed by atoms with Crippen molar-refractivity contribution in [2.45, 2.75) is 26.7 Å². The van der Waals surface area contributed by atoms with E-state index >= 15 is 0 Å². The first-order chi connectivity index (χ1) is 13.5. The van der Waals surface area contributed by atoms with E-state index in [0.717, 1.165) is 6.42 Å². The standard InChI is InChI=1S/C20H25NO7/c1-7-8-14(21-28-27-12(2)22)13-11-17(25-5)18-15(23-3)9-10-16(24-4)19(18)20(13)26-6/h9-11H,7-8H2,1-6H3. The Bertz CT molecular complexity index is 877. The van der Waals surface area contributed by atoms with Crippen LogP contribution in [-0.2, 0) is 14.7 Å². The number of nitrogens with zero attached hydrogens (tertiary/aromatic N) is 1. The minimum absolute atomic E-state index is 0.519. The highest BCUT2D eigenvalue weighted by molar-refractivity contribution is 6.12. The number of benzene rings is 2. The summed E-state index contributed by atoms with van der Waals surface area (Å²) in [6.07, 6.45) is 1.33. The maximum Gasteiger partial charge on any atom is 0.354 e. The van der Waals surface area contributed by atoms with Crippen LogP contribution in [0.2, 0.25) is 0 Å². The molecule has 2 rings (SSSR count). The summed E-state index contributed by atoms with van der Waals surface area (Å²) < 4.78 is 22.4. The molecular weight excluding hydrogens is 366 g/mol. The zero-order valence-corrected chi connectivity index (χ0v) is 17.0. The van der Waals surface area contributed by atoms with Gasteiger partial charge in [-0.3, -0.25) is 0 Å². The van der Waals surface area contributed by atoms with Gasteiger partial charge in [0.05, 0.1) is 44.9 Å². The molecule has 0 heterocycles. The summed E-state index contributed by atoms with van der Waals surface area (Å²) in [7, 11) is 6.28. The van der Waals surface area contributed by atoms with Crippen molar-refractivity contribution in [3.63, 3.8) is 0 Å². The molecule has 2 aromatic rings. The summed E-state index contributed by atoms with van der Waals surface area (Å²) >= 11 is 0. The number of rotatable bonds is 9. The van der Waals surface area contributed by atoms with E-state index in [1.54, 1.807) is 46.6 Å². The van der Waals surface area contributed by atoms with Crippen LogP contribution in [0.1, 0.15) is 32.3 Å². The summed E-state index contributed by atoms with van der Waals surface area (Å²) in [5, 5.41) is 5.36. The van der Waals surface area contributed by atoms with E-state index in [4.69, 9.17) is 23.9 Å². The molecule has 8 heteroatoms. The monoisotopic (exact) mass is 391 g/mol. The number of methoxy groups -OCH3 is 4. The Morgan fingerprint density at radius 1 is 0.929 bits per heavy atom. The van der Waals surface area contributed by atoms with Crippen LogP contribution in [0.15, 0.2) is 23.4 Å². The summed E-state index contributed by atoms with van der Waals surface area (Å²) in [6.45, 7) is 3.22. The smallest absolute Gasteiger partial charge is 0.354 e. The number of carbonyl (C=O) groups excluding carboxylic acids is 1. The first kappa shape index (κ1) is 21.1. The minimum atomic E-state index is -0.603. The van der Waals surface area contributed by atoms with Gasteiger partial charge in [0.15, 0.2) is 0 Å². The van der Waals surface area contributed by atoms with Crippen LogP contribution in [0.25, 0.3) is 10.8 Å². The molecule has 152 valence electrons. The Labute approximate surface area is 163 Å². The molecule has 0 atom stereocenters. The Kier molecular flexibility index (Phi) is 7.31. The molecule has 0 aromatic heterocycles. The summed E-state index contributed by atoms with van der Waals surface area (Å²) in [4.78, 5) is 20.2. The zero-order valence-electron chi connectivity index (χ0n) is 17.0. The summed E-state index contributed by atoms with van der Waals surface area (Å²) in [5.41, 5.74) is 1.16. The number of oxime groups is 1. The lowest BCUT2D eigenvalue weighted by molar-refractivity contribution is -0.271. The number of fused-ring (bicyclic) bond motifs is 1. The van der Waals surface area contributed by atoms with Gasteiger partial charge >= 0.3 is 5.97 Å². The average Bonchev–Trinajstić information content (AvgIpc) is 2.70. The largest absolute Gasteiger partial charge is 0.496 e. The number of ether oxygens (including phenoxy) is 4. The normalized spacial score (nSPS) is 11.1. The summed E-state index contributed by atoms with van der Waals surface area (Å²) in [6, 6.07) is 5.38. The molecule has 0 N–H and O–H groups in total. The quantitative estimate of drug-likeness (QED) is 0.364. The van der Waals surface area contributed by atoms with E-state index in [0.29, 0.717) is 51.5 Å². The van der Waals surface area contributed by atoms with Crippen molar-refractivity contribution in [3.8, 4) is 23.0 Å². The number of carbonyl (C=O) groups is 1. The Balaban J connectivity index is 2.83. The molecule has 0 radical (unpaired) electrons. The lowest BCUT2D eigenvalue weighted by Crippen LogP contribution is -2.08. The van der Waals surface area contributed by atoms with Crippen molar-refractivity contribution in [1.82, 2.24) is 0 Å². The van der Waals surface area contributed by atoms with Gasteiger partial charge in [-0.15, -0.1) is 0 Å². The molecule has 2 aromatic carbocycles. The molecule has 0 saturated heterocycles. The molecule has 0 unspecified atom stereocenters. The van der Waals surface area contributed by atoms with Gasteiger partial charge in [0, 0.05) is 12.5 Å². The molecule has 0 aliphatic carbocycles. The van der Waals surface area contributed by atoms with Crippen molar-refractivity contribution >= 4 is 22.5 Å². The minimum Gasteiger partial charge on any atom is -0.496 e. The highest BCUT2D eigenvalue weighted by Crippen LogP contribution is 2.46. The second kappa shape index (κ2) is 9.68. The van der Waals surface area contributed by atoms with Gasteiger partial charge in [-0.25, -0.2) is 9.68 Å². The third-order valence-electron chi connectivity index (χ3n) is 4.09. The van der Waals surface area contributed by atoms with Crippen molar-refractivity contribution in [2.24, 2.45) is 5.16 Å².